The van der Waals surface area contributed by atoms with Crippen LogP contribution in [0.25, 0.3) is 0 Å². The number of carboxylic acid groups (broad SMARTS) is 2. The molecule has 0 aromatic rings. The number of amides is 4. The minimum Gasteiger partial charge on any atom is -0.475 e. The molecule has 27 heteroatoms. The van der Waals surface area contributed by atoms with E-state index in [0.717, 1.165) is 38.9 Å². The number of ether oxygens (including phenoxy) is 1. The second-order valence-electron chi connectivity index (χ2n) is 12.8. The SMILES string of the molecule is CC(CCCNC(=O)C(F)(F)F)C(=O)NC(CCCC(CCCC(N)=O)NC(=O)C(F)(F)F)C(=O)OCCCCN1CCCC1.O=C(O)C(F)(F)F.O=C(O)C(F)(F)F. The lowest BCUT2D eigenvalue weighted by Crippen LogP contribution is -2.45. The number of nitrogens with one attached hydrogen (secondary N) is 3. The van der Waals surface area contributed by atoms with E-state index in [9.17, 15) is 76.7 Å². The maximum absolute atomic E-state index is 12.9. The molecule has 1 saturated heterocycles. The number of nitrogens with zero attached hydrogens (tertiary/aromatic N) is 1. The summed E-state index contributed by atoms with van der Waals surface area (Å²) in [6.45, 7) is 4.16. The summed E-state index contributed by atoms with van der Waals surface area (Å²) in [6.07, 6.45) is -16.4. The zero-order valence-electron chi connectivity index (χ0n) is 31.5. The Balaban J connectivity index is 0. The van der Waals surface area contributed by atoms with Gasteiger partial charge in [-0.2, -0.15) is 52.7 Å². The number of rotatable bonds is 21. The number of carbonyl (C=O) groups excluding carboxylic acids is 5. The number of esters is 1. The summed E-state index contributed by atoms with van der Waals surface area (Å²) in [5, 5.41) is 20.4. The summed E-state index contributed by atoms with van der Waals surface area (Å²) in [4.78, 5) is 79.3. The van der Waals surface area contributed by atoms with Crippen molar-refractivity contribution in [2.75, 3.05) is 32.8 Å². The molecule has 59 heavy (non-hydrogen) atoms. The van der Waals surface area contributed by atoms with Crippen LogP contribution < -0.4 is 21.7 Å². The predicted octanol–water partition coefficient (Wildman–Crippen LogP) is 4.12. The number of unbranched alkanes of at least 4 members (excludes halogenated alkanes) is 1. The lowest BCUT2D eigenvalue weighted by molar-refractivity contribution is -0.193. The van der Waals surface area contributed by atoms with E-state index in [1.54, 1.807) is 5.32 Å². The fourth-order valence-corrected chi connectivity index (χ4v) is 4.77. The van der Waals surface area contributed by atoms with Crippen LogP contribution in [0.2, 0.25) is 0 Å². The van der Waals surface area contributed by atoms with Crippen molar-refractivity contribution in [2.45, 2.75) is 121 Å². The Labute approximate surface area is 329 Å². The van der Waals surface area contributed by atoms with Crippen molar-refractivity contribution in [1.82, 2.24) is 20.9 Å². The first-order valence-corrected chi connectivity index (χ1v) is 17.7. The molecule has 0 aromatic heterocycles. The van der Waals surface area contributed by atoms with E-state index in [0.29, 0.717) is 6.42 Å². The molecular weight excluding hydrogens is 842 g/mol. The second kappa shape index (κ2) is 27.2. The standard InChI is InChI=1S/C28H45F6N5O6.2C2HF3O2/c1-19(9-8-14-36-25(43)27(29,30)31)23(41)38-21(24(42)45-18-5-4-17-39-15-2-3-16-39)12-6-10-20(11-7-13-22(35)40)37-26(44)28(32,33)34;2*3-2(4,5)1(6)7/h19-21H,2-18H2,1H3,(H2,35,40)(H,36,43)(H,37,44)(H,38,41);2*(H,6,7). The first-order chi connectivity index (χ1) is 26.9. The largest absolute Gasteiger partial charge is 0.490 e. The van der Waals surface area contributed by atoms with Crippen LogP contribution in [0.15, 0.2) is 0 Å². The van der Waals surface area contributed by atoms with Crippen LogP contribution >= 0.6 is 0 Å². The maximum Gasteiger partial charge on any atom is 0.490 e. The molecule has 1 fully saturated rings. The van der Waals surface area contributed by atoms with Gasteiger partial charge >= 0.3 is 54.4 Å². The van der Waals surface area contributed by atoms with Gasteiger partial charge in [0.2, 0.25) is 11.8 Å². The third-order valence-electron chi connectivity index (χ3n) is 7.82. The van der Waals surface area contributed by atoms with Crippen LogP contribution in [-0.2, 0) is 38.3 Å². The smallest absolute Gasteiger partial charge is 0.475 e. The number of hydrogen-bond donors (Lipinski definition) is 6. The van der Waals surface area contributed by atoms with E-state index in [-0.39, 0.29) is 64.5 Å². The molecule has 0 aliphatic carbocycles. The topological polar surface area (TPSA) is 235 Å². The van der Waals surface area contributed by atoms with Gasteiger partial charge in [-0.3, -0.25) is 19.2 Å². The summed E-state index contributed by atoms with van der Waals surface area (Å²) in [5.74, 6) is -12.5. The number of nitrogens with two attached hydrogens (primary N) is 1. The molecule has 3 unspecified atom stereocenters. The lowest BCUT2D eigenvalue weighted by atomic mass is 9.99. The first kappa shape index (κ1) is 56.5. The number of alkyl halides is 12. The van der Waals surface area contributed by atoms with Gasteiger partial charge in [-0.15, -0.1) is 0 Å². The number of halogens is 12. The molecule has 1 rings (SSSR count). The number of hydrogen-bond acceptors (Lipinski definition) is 9. The summed E-state index contributed by atoms with van der Waals surface area (Å²) in [6, 6.07) is -2.16. The molecule has 15 nitrogen and oxygen atoms in total. The van der Waals surface area contributed by atoms with Crippen molar-refractivity contribution in [3.8, 4) is 0 Å². The van der Waals surface area contributed by atoms with Crippen LogP contribution in [-0.4, -0.2) is 126 Å². The Morgan fingerprint density at radius 1 is 0.661 bits per heavy atom. The van der Waals surface area contributed by atoms with Crippen molar-refractivity contribution < 1.29 is 101 Å². The van der Waals surface area contributed by atoms with Gasteiger partial charge in [0.25, 0.3) is 0 Å². The Bertz CT molecular complexity index is 1320. The van der Waals surface area contributed by atoms with E-state index >= 15 is 0 Å². The summed E-state index contributed by atoms with van der Waals surface area (Å²) in [5.41, 5.74) is 5.09. The Kier molecular flexibility index (Phi) is 26.1. The molecule has 1 heterocycles. The van der Waals surface area contributed by atoms with Crippen molar-refractivity contribution in [2.24, 2.45) is 11.7 Å². The summed E-state index contributed by atoms with van der Waals surface area (Å²) < 4.78 is 144. The first-order valence-electron chi connectivity index (χ1n) is 17.7. The number of primary amides is 1. The van der Waals surface area contributed by atoms with Crippen LogP contribution in [0, 0.1) is 5.92 Å². The minimum atomic E-state index is -5.12. The number of aliphatic carboxylic acids is 2. The van der Waals surface area contributed by atoms with Crippen molar-refractivity contribution in [3.63, 3.8) is 0 Å². The fraction of sp³-hybridized carbons (Fsp3) is 0.781. The molecule has 0 radical (unpaired) electrons. The maximum atomic E-state index is 12.9. The molecule has 0 aromatic carbocycles. The van der Waals surface area contributed by atoms with Gasteiger partial charge in [0, 0.05) is 24.9 Å². The molecule has 4 amide bonds. The lowest BCUT2D eigenvalue weighted by Gasteiger charge is -2.23. The quantitative estimate of drug-likeness (QED) is 0.0545. The highest BCUT2D eigenvalue weighted by Crippen LogP contribution is 2.19. The molecule has 7 N–H and O–H groups in total. The minimum absolute atomic E-state index is 0.00940. The van der Waals surface area contributed by atoms with Crippen molar-refractivity contribution in [3.05, 3.63) is 0 Å². The third-order valence-corrected chi connectivity index (χ3v) is 7.82. The molecule has 344 valence electrons. The molecular formula is C32H47F12N5O10. The summed E-state index contributed by atoms with van der Waals surface area (Å²) in [7, 11) is 0. The molecule has 0 bridgehead atoms. The van der Waals surface area contributed by atoms with E-state index in [2.05, 4.69) is 10.2 Å². The van der Waals surface area contributed by atoms with Crippen molar-refractivity contribution in [1.29, 1.82) is 0 Å². The zero-order chi connectivity index (χ0) is 46.2. The van der Waals surface area contributed by atoms with Gasteiger partial charge in [-0.25, -0.2) is 14.4 Å². The monoisotopic (exact) mass is 889 g/mol. The van der Waals surface area contributed by atoms with Gasteiger partial charge in [0.05, 0.1) is 6.61 Å². The van der Waals surface area contributed by atoms with E-state index in [1.165, 1.54) is 6.92 Å². The zero-order valence-corrected chi connectivity index (χ0v) is 31.5. The van der Waals surface area contributed by atoms with Gasteiger partial charge in [-0.05, 0) is 90.3 Å². The second-order valence-corrected chi connectivity index (χ2v) is 12.8. The molecule has 0 spiro atoms. The highest BCUT2D eigenvalue weighted by atomic mass is 19.4. The summed E-state index contributed by atoms with van der Waals surface area (Å²) >= 11 is 0. The van der Waals surface area contributed by atoms with Gasteiger partial charge < -0.3 is 41.5 Å². The molecule has 1 aliphatic heterocycles. The molecule has 3 atom stereocenters. The molecule has 0 saturated carbocycles. The van der Waals surface area contributed by atoms with Gasteiger partial charge in [0.1, 0.15) is 6.04 Å². The Morgan fingerprint density at radius 3 is 1.61 bits per heavy atom. The highest BCUT2D eigenvalue weighted by molar-refractivity contribution is 5.85. The normalized spacial score (nSPS) is 14.9. The van der Waals surface area contributed by atoms with Gasteiger partial charge in [0.15, 0.2) is 0 Å². The fourth-order valence-electron chi connectivity index (χ4n) is 4.77. The predicted molar refractivity (Wildman–Crippen MR) is 178 cm³/mol. The van der Waals surface area contributed by atoms with Crippen molar-refractivity contribution >= 4 is 41.5 Å². The van der Waals surface area contributed by atoms with Crippen LogP contribution in [0.3, 0.4) is 0 Å². The third kappa shape index (κ3) is 29.3. The van der Waals surface area contributed by atoms with E-state index in [1.807, 2.05) is 5.32 Å². The van der Waals surface area contributed by atoms with Crippen LogP contribution in [0.1, 0.15) is 84.0 Å². The highest BCUT2D eigenvalue weighted by Gasteiger charge is 2.41. The Morgan fingerprint density at radius 2 is 1.15 bits per heavy atom. The Hall–Kier alpha value is -4.59. The number of carbonyl (C=O) groups is 7. The van der Waals surface area contributed by atoms with Crippen LogP contribution in [0.5, 0.6) is 0 Å². The van der Waals surface area contributed by atoms with Gasteiger partial charge in [-0.1, -0.05) is 6.92 Å². The van der Waals surface area contributed by atoms with E-state index < -0.39 is 84.2 Å². The average Bonchev–Trinajstić information content (AvgIpc) is 3.61. The average molecular weight is 890 g/mol. The van der Waals surface area contributed by atoms with E-state index in [4.69, 9.17) is 30.3 Å². The van der Waals surface area contributed by atoms with Crippen LogP contribution in [0.4, 0.5) is 52.7 Å². The number of likely N-dealkylation sites (tertiary alicyclic amines) is 1. The molecule has 1 aliphatic rings. The number of carboxylic acids is 2.